The molecule has 6 nitrogen and oxygen atoms in total. The molecule has 0 amide bonds. The van der Waals surface area contributed by atoms with Gasteiger partial charge < -0.3 is 0 Å². The zero-order valence-corrected chi connectivity index (χ0v) is 13.0. The molecule has 0 spiro atoms. The van der Waals surface area contributed by atoms with Crippen molar-refractivity contribution in [2.24, 2.45) is 5.92 Å². The van der Waals surface area contributed by atoms with Crippen LogP contribution in [0, 0.1) is 17.2 Å². The fraction of sp³-hybridized carbons (Fsp3) is 0.333. The van der Waals surface area contributed by atoms with Crippen LogP contribution in [0.15, 0.2) is 30.5 Å². The SMILES string of the molecule is CC[C@H]1CNS(=O)(=O)N(c2cnc(C#N)c3ccccc23)C1. The Hall–Kier alpha value is -2.17. The lowest BCUT2D eigenvalue weighted by molar-refractivity contribution is 0.469. The van der Waals surface area contributed by atoms with Crippen molar-refractivity contribution >= 4 is 26.7 Å². The third-order valence-electron chi connectivity index (χ3n) is 3.99. The second-order valence-electron chi connectivity index (χ2n) is 5.31. The van der Waals surface area contributed by atoms with Crippen LogP contribution in [0.3, 0.4) is 0 Å². The van der Waals surface area contributed by atoms with Gasteiger partial charge in [-0.25, -0.2) is 4.98 Å². The van der Waals surface area contributed by atoms with Crippen molar-refractivity contribution in [3.8, 4) is 6.07 Å². The van der Waals surface area contributed by atoms with E-state index >= 15 is 0 Å². The van der Waals surface area contributed by atoms with Crippen LogP contribution < -0.4 is 9.03 Å². The molecule has 1 aliphatic heterocycles. The Balaban J connectivity index is 2.19. The van der Waals surface area contributed by atoms with E-state index in [0.29, 0.717) is 29.9 Å². The molecule has 1 atom stereocenters. The number of anilines is 1. The molecule has 1 saturated heterocycles. The highest BCUT2D eigenvalue weighted by molar-refractivity contribution is 7.91. The van der Waals surface area contributed by atoms with Crippen molar-refractivity contribution < 1.29 is 8.42 Å². The van der Waals surface area contributed by atoms with Gasteiger partial charge >= 0.3 is 10.2 Å². The molecular weight excluding hydrogens is 300 g/mol. The monoisotopic (exact) mass is 316 g/mol. The van der Waals surface area contributed by atoms with E-state index in [-0.39, 0.29) is 5.92 Å². The fourth-order valence-corrected chi connectivity index (χ4v) is 4.08. The second-order valence-corrected chi connectivity index (χ2v) is 6.99. The maximum atomic E-state index is 12.4. The van der Waals surface area contributed by atoms with Crippen molar-refractivity contribution in [2.75, 3.05) is 17.4 Å². The van der Waals surface area contributed by atoms with Crippen molar-refractivity contribution in [2.45, 2.75) is 13.3 Å². The highest BCUT2D eigenvalue weighted by Crippen LogP contribution is 2.31. The number of hydrogen-bond donors (Lipinski definition) is 1. The van der Waals surface area contributed by atoms with Crippen LogP contribution in [0.5, 0.6) is 0 Å². The van der Waals surface area contributed by atoms with Crippen LogP contribution in [-0.2, 0) is 10.2 Å². The van der Waals surface area contributed by atoms with Gasteiger partial charge in [-0.2, -0.15) is 18.4 Å². The summed E-state index contributed by atoms with van der Waals surface area (Å²) in [4.78, 5) is 4.12. The molecule has 0 bridgehead atoms. The minimum Gasteiger partial charge on any atom is -0.255 e. The molecule has 0 saturated carbocycles. The quantitative estimate of drug-likeness (QED) is 0.915. The molecule has 1 aromatic carbocycles. The predicted molar refractivity (Wildman–Crippen MR) is 84.5 cm³/mol. The highest BCUT2D eigenvalue weighted by atomic mass is 32.2. The normalized spacial score (nSPS) is 20.7. The summed E-state index contributed by atoms with van der Waals surface area (Å²) < 4.78 is 28.7. The van der Waals surface area contributed by atoms with E-state index in [1.54, 1.807) is 6.07 Å². The fourth-order valence-electron chi connectivity index (χ4n) is 2.67. The summed E-state index contributed by atoms with van der Waals surface area (Å²) in [7, 11) is -3.57. The number of benzene rings is 1. The first-order valence-corrected chi connectivity index (χ1v) is 8.56. The summed E-state index contributed by atoms with van der Waals surface area (Å²) in [6.45, 7) is 2.91. The van der Waals surface area contributed by atoms with Gasteiger partial charge in [-0.05, 0) is 5.92 Å². The van der Waals surface area contributed by atoms with Gasteiger partial charge in [0.1, 0.15) is 11.8 Å². The van der Waals surface area contributed by atoms with Crippen LogP contribution in [0.25, 0.3) is 10.8 Å². The van der Waals surface area contributed by atoms with Gasteiger partial charge in [0.15, 0.2) is 0 Å². The molecule has 114 valence electrons. The van der Waals surface area contributed by atoms with Crippen LogP contribution >= 0.6 is 0 Å². The lowest BCUT2D eigenvalue weighted by Crippen LogP contribution is -2.51. The molecule has 3 rings (SSSR count). The lowest BCUT2D eigenvalue weighted by Gasteiger charge is -2.34. The number of nitriles is 1. The second kappa shape index (κ2) is 5.55. The van der Waals surface area contributed by atoms with Crippen LogP contribution in [0.1, 0.15) is 19.0 Å². The maximum absolute atomic E-state index is 12.4. The molecule has 0 aliphatic carbocycles. The first kappa shape index (κ1) is 14.8. The minimum absolute atomic E-state index is 0.248. The smallest absolute Gasteiger partial charge is 0.255 e. The Kier molecular flexibility index (Phi) is 3.72. The van der Waals surface area contributed by atoms with E-state index in [1.165, 1.54) is 10.5 Å². The van der Waals surface area contributed by atoms with E-state index in [1.807, 2.05) is 31.2 Å². The number of hydrogen-bond acceptors (Lipinski definition) is 4. The molecule has 2 heterocycles. The van der Waals surface area contributed by atoms with Crippen molar-refractivity contribution in [3.63, 3.8) is 0 Å². The average molecular weight is 316 g/mol. The van der Waals surface area contributed by atoms with Crippen molar-refractivity contribution in [3.05, 3.63) is 36.2 Å². The maximum Gasteiger partial charge on any atom is 0.301 e. The summed E-state index contributed by atoms with van der Waals surface area (Å²) in [5.74, 6) is 0.248. The molecule has 1 N–H and O–H groups in total. The van der Waals surface area contributed by atoms with Gasteiger partial charge in [-0.1, -0.05) is 37.6 Å². The molecule has 1 aromatic heterocycles. The Morgan fingerprint density at radius 3 is 2.82 bits per heavy atom. The van der Waals surface area contributed by atoms with E-state index in [0.717, 1.165) is 11.8 Å². The Morgan fingerprint density at radius 1 is 1.41 bits per heavy atom. The van der Waals surface area contributed by atoms with Crippen molar-refractivity contribution in [1.82, 2.24) is 9.71 Å². The predicted octanol–water partition coefficient (Wildman–Crippen LogP) is 1.79. The Bertz CT molecular complexity index is 857. The summed E-state index contributed by atoms with van der Waals surface area (Å²) in [5, 5.41) is 10.5. The first-order chi connectivity index (χ1) is 10.6. The molecule has 2 aromatic rings. The largest absolute Gasteiger partial charge is 0.301 e. The number of nitrogens with one attached hydrogen (secondary N) is 1. The lowest BCUT2D eigenvalue weighted by atomic mass is 10.1. The van der Waals surface area contributed by atoms with Crippen molar-refractivity contribution in [1.29, 1.82) is 5.26 Å². The molecule has 0 unspecified atom stereocenters. The zero-order valence-electron chi connectivity index (χ0n) is 12.2. The van der Waals surface area contributed by atoms with Crippen LogP contribution in [0.2, 0.25) is 0 Å². The molecular formula is C15H16N4O2S. The number of rotatable bonds is 2. The Labute approximate surface area is 129 Å². The number of nitrogens with zero attached hydrogens (tertiary/aromatic N) is 3. The number of fused-ring (bicyclic) bond motifs is 1. The first-order valence-electron chi connectivity index (χ1n) is 7.12. The van der Waals surface area contributed by atoms with E-state index < -0.39 is 10.2 Å². The summed E-state index contributed by atoms with van der Waals surface area (Å²) in [5.41, 5.74) is 0.814. The van der Waals surface area contributed by atoms with Gasteiger partial charge in [-0.15, -0.1) is 0 Å². The summed E-state index contributed by atoms with van der Waals surface area (Å²) in [6.07, 6.45) is 2.36. The van der Waals surface area contributed by atoms with Crippen LogP contribution in [0.4, 0.5) is 5.69 Å². The molecule has 22 heavy (non-hydrogen) atoms. The summed E-state index contributed by atoms with van der Waals surface area (Å²) >= 11 is 0. The van der Waals surface area contributed by atoms with Gasteiger partial charge in [0, 0.05) is 23.9 Å². The number of aromatic nitrogens is 1. The molecule has 1 fully saturated rings. The topological polar surface area (TPSA) is 86.1 Å². The van der Waals surface area contributed by atoms with Gasteiger partial charge in [0.25, 0.3) is 0 Å². The van der Waals surface area contributed by atoms with E-state index in [2.05, 4.69) is 9.71 Å². The molecule has 0 radical (unpaired) electrons. The van der Waals surface area contributed by atoms with Gasteiger partial charge in [0.05, 0.1) is 11.9 Å². The third-order valence-corrected chi connectivity index (χ3v) is 5.45. The molecule has 7 heteroatoms. The molecule has 1 aliphatic rings. The zero-order chi connectivity index (χ0) is 15.7. The Morgan fingerprint density at radius 2 is 2.14 bits per heavy atom. The van der Waals surface area contributed by atoms with Crippen LogP contribution in [-0.4, -0.2) is 26.5 Å². The number of pyridine rings is 1. The minimum atomic E-state index is -3.57. The van der Waals surface area contributed by atoms with E-state index in [4.69, 9.17) is 5.26 Å². The standard InChI is InChI=1S/C15H16N4O2S/c1-2-11-8-18-22(20,21)19(10-11)15-9-17-14(7-16)12-5-3-4-6-13(12)15/h3-6,9,11,18H,2,8,10H2,1H3/t11-/m0/s1. The summed E-state index contributed by atoms with van der Waals surface area (Å²) in [6, 6.07) is 9.29. The van der Waals surface area contributed by atoms with Gasteiger partial charge in [-0.3, -0.25) is 4.31 Å². The van der Waals surface area contributed by atoms with E-state index in [9.17, 15) is 8.42 Å². The highest BCUT2D eigenvalue weighted by Gasteiger charge is 2.32. The van der Waals surface area contributed by atoms with Gasteiger partial charge in [0.2, 0.25) is 0 Å². The average Bonchev–Trinajstić information content (AvgIpc) is 2.54. The third kappa shape index (κ3) is 2.40.